The molecule has 0 aromatic heterocycles. The molecular formula is C14H19FN2O3. The van der Waals surface area contributed by atoms with Crippen molar-refractivity contribution in [3.8, 4) is 0 Å². The van der Waals surface area contributed by atoms with Crippen molar-refractivity contribution in [3.63, 3.8) is 0 Å². The smallest absolute Gasteiger partial charge is 0.304 e. The highest BCUT2D eigenvalue weighted by atomic mass is 19.1. The SMILES string of the molecule is CCOC1CCCN(Cc2ccc([N+](=O)[O-])c(F)c2)C1. The zero-order chi connectivity index (χ0) is 14.5. The zero-order valence-corrected chi connectivity index (χ0v) is 11.5. The van der Waals surface area contributed by atoms with Crippen molar-refractivity contribution in [2.24, 2.45) is 0 Å². The summed E-state index contributed by atoms with van der Waals surface area (Å²) in [7, 11) is 0. The van der Waals surface area contributed by atoms with Gasteiger partial charge in [-0.15, -0.1) is 0 Å². The lowest BCUT2D eigenvalue weighted by Crippen LogP contribution is -2.39. The number of likely N-dealkylation sites (tertiary alicyclic amines) is 1. The highest BCUT2D eigenvalue weighted by Crippen LogP contribution is 2.21. The van der Waals surface area contributed by atoms with Gasteiger partial charge in [-0.3, -0.25) is 15.0 Å². The Morgan fingerprint density at radius 1 is 1.55 bits per heavy atom. The minimum absolute atomic E-state index is 0.233. The predicted molar refractivity (Wildman–Crippen MR) is 73.0 cm³/mol. The maximum absolute atomic E-state index is 13.6. The summed E-state index contributed by atoms with van der Waals surface area (Å²) < 4.78 is 19.2. The second-order valence-corrected chi connectivity index (χ2v) is 5.00. The van der Waals surface area contributed by atoms with Gasteiger partial charge in [-0.1, -0.05) is 6.07 Å². The number of ether oxygens (including phenoxy) is 1. The molecule has 0 amide bonds. The van der Waals surface area contributed by atoms with Gasteiger partial charge in [0.25, 0.3) is 0 Å². The second kappa shape index (κ2) is 6.76. The normalized spacial score (nSPS) is 20.0. The van der Waals surface area contributed by atoms with Crippen LogP contribution in [0.4, 0.5) is 10.1 Å². The first-order valence-electron chi connectivity index (χ1n) is 6.87. The second-order valence-electron chi connectivity index (χ2n) is 5.00. The number of nitrogens with zero attached hydrogens (tertiary/aromatic N) is 2. The van der Waals surface area contributed by atoms with E-state index in [1.54, 1.807) is 6.07 Å². The molecule has 0 bridgehead atoms. The van der Waals surface area contributed by atoms with E-state index < -0.39 is 16.4 Å². The third-order valence-corrected chi connectivity index (χ3v) is 3.48. The number of halogens is 1. The fourth-order valence-electron chi connectivity index (χ4n) is 2.58. The first-order chi connectivity index (χ1) is 9.60. The summed E-state index contributed by atoms with van der Waals surface area (Å²) in [5.41, 5.74) is 0.282. The molecule has 1 heterocycles. The van der Waals surface area contributed by atoms with E-state index >= 15 is 0 Å². The molecule has 1 unspecified atom stereocenters. The molecule has 0 aliphatic carbocycles. The number of piperidine rings is 1. The van der Waals surface area contributed by atoms with Crippen LogP contribution >= 0.6 is 0 Å². The lowest BCUT2D eigenvalue weighted by molar-refractivity contribution is -0.387. The number of hydrogen-bond donors (Lipinski definition) is 0. The van der Waals surface area contributed by atoms with Crippen LogP contribution < -0.4 is 0 Å². The lowest BCUT2D eigenvalue weighted by atomic mass is 10.1. The highest BCUT2D eigenvalue weighted by Gasteiger charge is 2.21. The average Bonchev–Trinajstić information content (AvgIpc) is 2.39. The summed E-state index contributed by atoms with van der Waals surface area (Å²) in [5, 5.41) is 10.6. The molecule has 1 aliphatic heterocycles. The summed E-state index contributed by atoms with van der Waals surface area (Å²) in [6.45, 7) is 5.04. The summed E-state index contributed by atoms with van der Waals surface area (Å²) in [4.78, 5) is 12.1. The number of nitro groups is 1. The molecule has 5 nitrogen and oxygen atoms in total. The van der Waals surface area contributed by atoms with Crippen molar-refractivity contribution in [2.75, 3.05) is 19.7 Å². The Morgan fingerprint density at radius 2 is 2.35 bits per heavy atom. The fourth-order valence-corrected chi connectivity index (χ4v) is 2.58. The van der Waals surface area contributed by atoms with Crippen molar-refractivity contribution in [2.45, 2.75) is 32.4 Å². The Labute approximate surface area is 117 Å². The van der Waals surface area contributed by atoms with Crippen LogP contribution in [0.15, 0.2) is 18.2 Å². The van der Waals surface area contributed by atoms with Gasteiger partial charge in [0, 0.05) is 25.8 Å². The van der Waals surface area contributed by atoms with Gasteiger partial charge < -0.3 is 4.74 Å². The Balaban J connectivity index is 1.99. The van der Waals surface area contributed by atoms with Crippen LogP contribution in [0.1, 0.15) is 25.3 Å². The van der Waals surface area contributed by atoms with Gasteiger partial charge in [0.2, 0.25) is 5.82 Å². The first kappa shape index (κ1) is 14.9. The van der Waals surface area contributed by atoms with Gasteiger partial charge in [-0.05, 0) is 37.9 Å². The van der Waals surface area contributed by atoms with Gasteiger partial charge in [0.05, 0.1) is 11.0 Å². The van der Waals surface area contributed by atoms with E-state index in [1.165, 1.54) is 12.1 Å². The molecular weight excluding hydrogens is 263 g/mol. The number of hydrogen-bond acceptors (Lipinski definition) is 4. The number of rotatable bonds is 5. The standard InChI is InChI=1S/C14H19FN2O3/c1-2-20-12-4-3-7-16(10-12)9-11-5-6-14(17(18)19)13(15)8-11/h5-6,8,12H,2-4,7,9-10H2,1H3. The highest BCUT2D eigenvalue weighted by molar-refractivity contribution is 5.34. The molecule has 2 rings (SSSR count). The Hall–Kier alpha value is -1.53. The number of benzene rings is 1. The molecule has 1 aromatic carbocycles. The zero-order valence-electron chi connectivity index (χ0n) is 11.5. The Morgan fingerprint density at radius 3 is 3.00 bits per heavy atom. The summed E-state index contributed by atoms with van der Waals surface area (Å²) >= 11 is 0. The molecule has 0 spiro atoms. The Bertz CT molecular complexity index is 479. The molecule has 20 heavy (non-hydrogen) atoms. The van der Waals surface area contributed by atoms with Gasteiger partial charge in [0.15, 0.2) is 0 Å². The molecule has 1 saturated heterocycles. The third kappa shape index (κ3) is 3.74. The molecule has 1 aliphatic rings. The van der Waals surface area contributed by atoms with Crippen molar-refractivity contribution in [3.05, 3.63) is 39.7 Å². The van der Waals surface area contributed by atoms with Crippen molar-refractivity contribution >= 4 is 5.69 Å². The van der Waals surface area contributed by atoms with Crippen molar-refractivity contribution in [1.29, 1.82) is 0 Å². The van der Waals surface area contributed by atoms with Crippen LogP contribution in [0, 0.1) is 15.9 Å². The molecule has 0 saturated carbocycles. The first-order valence-corrected chi connectivity index (χ1v) is 6.87. The third-order valence-electron chi connectivity index (χ3n) is 3.48. The van der Waals surface area contributed by atoms with E-state index in [9.17, 15) is 14.5 Å². The fraction of sp³-hybridized carbons (Fsp3) is 0.571. The van der Waals surface area contributed by atoms with Gasteiger partial charge in [-0.25, -0.2) is 0 Å². The summed E-state index contributed by atoms with van der Waals surface area (Å²) in [6.07, 6.45) is 2.34. The maximum atomic E-state index is 13.6. The molecule has 110 valence electrons. The lowest BCUT2D eigenvalue weighted by Gasteiger charge is -2.32. The van der Waals surface area contributed by atoms with E-state index in [4.69, 9.17) is 4.74 Å². The monoisotopic (exact) mass is 282 g/mol. The minimum atomic E-state index is -0.772. The van der Waals surface area contributed by atoms with E-state index in [-0.39, 0.29) is 6.10 Å². The topological polar surface area (TPSA) is 55.6 Å². The van der Waals surface area contributed by atoms with E-state index in [0.717, 1.165) is 31.5 Å². The van der Waals surface area contributed by atoms with Crippen LogP contribution in [0.25, 0.3) is 0 Å². The van der Waals surface area contributed by atoms with E-state index in [0.29, 0.717) is 13.2 Å². The maximum Gasteiger partial charge on any atom is 0.304 e. The van der Waals surface area contributed by atoms with Gasteiger partial charge in [0.1, 0.15) is 0 Å². The van der Waals surface area contributed by atoms with Crippen LogP contribution in [0.3, 0.4) is 0 Å². The summed E-state index contributed by atoms with van der Waals surface area (Å²) in [5.74, 6) is -0.772. The van der Waals surface area contributed by atoms with Crippen LogP contribution in [0.2, 0.25) is 0 Å². The molecule has 6 heteroatoms. The van der Waals surface area contributed by atoms with Gasteiger partial charge in [-0.2, -0.15) is 4.39 Å². The average molecular weight is 282 g/mol. The Kier molecular flexibility index (Phi) is 5.03. The van der Waals surface area contributed by atoms with Crippen LogP contribution in [0.5, 0.6) is 0 Å². The summed E-state index contributed by atoms with van der Waals surface area (Å²) in [6, 6.07) is 4.10. The largest absolute Gasteiger partial charge is 0.377 e. The van der Waals surface area contributed by atoms with E-state index in [1.807, 2.05) is 6.92 Å². The molecule has 1 aromatic rings. The number of nitro benzene ring substituents is 1. The quantitative estimate of drug-likeness (QED) is 0.615. The molecule has 1 atom stereocenters. The van der Waals surface area contributed by atoms with Crippen LogP contribution in [-0.2, 0) is 11.3 Å². The minimum Gasteiger partial charge on any atom is -0.377 e. The van der Waals surface area contributed by atoms with Gasteiger partial charge >= 0.3 is 5.69 Å². The van der Waals surface area contributed by atoms with Crippen LogP contribution in [-0.4, -0.2) is 35.6 Å². The molecule has 1 fully saturated rings. The molecule has 0 radical (unpaired) electrons. The predicted octanol–water partition coefficient (Wildman–Crippen LogP) is 2.73. The van der Waals surface area contributed by atoms with Crippen molar-refractivity contribution < 1.29 is 14.1 Å². The van der Waals surface area contributed by atoms with E-state index in [2.05, 4.69) is 4.90 Å². The van der Waals surface area contributed by atoms with Crippen molar-refractivity contribution in [1.82, 2.24) is 4.90 Å². The molecule has 0 N–H and O–H groups in total.